The summed E-state index contributed by atoms with van der Waals surface area (Å²) in [6.07, 6.45) is -0.0395. The Labute approximate surface area is 174 Å². The lowest BCUT2D eigenvalue weighted by Gasteiger charge is -2.18. The van der Waals surface area contributed by atoms with Crippen molar-refractivity contribution in [3.05, 3.63) is 50.7 Å². The molecule has 0 aliphatic rings. The van der Waals surface area contributed by atoms with Crippen molar-refractivity contribution in [1.29, 1.82) is 0 Å². The maximum absolute atomic E-state index is 12.8. The normalized spacial score (nSPS) is 13.4. The number of aliphatic hydroxyl groups is 1. The molecule has 0 amide bonds. The van der Waals surface area contributed by atoms with E-state index >= 15 is 0 Å². The first-order valence-corrected chi connectivity index (χ1v) is 10.0. The number of ether oxygens (including phenoxy) is 1. The Morgan fingerprint density at radius 2 is 1.83 bits per heavy atom. The Bertz CT molecular complexity index is 1140. The van der Waals surface area contributed by atoms with Gasteiger partial charge in [0.15, 0.2) is 11.2 Å². The summed E-state index contributed by atoms with van der Waals surface area (Å²) in [5.41, 5.74) is 0.760. The van der Waals surface area contributed by atoms with E-state index in [1.54, 1.807) is 11.6 Å². The van der Waals surface area contributed by atoms with E-state index in [1.807, 2.05) is 45.0 Å². The summed E-state index contributed by atoms with van der Waals surface area (Å²) in [5, 5.41) is 13.9. The van der Waals surface area contributed by atoms with Crippen molar-refractivity contribution < 1.29 is 9.84 Å². The molecule has 0 saturated carbocycles. The maximum Gasteiger partial charge on any atom is 0.332 e. The molecule has 2 aromatic heterocycles. The number of nitrogens with one attached hydrogen (secondary N) is 1. The molecule has 162 valence electrons. The molecule has 2 heterocycles. The molecule has 30 heavy (non-hydrogen) atoms. The molecule has 2 atom stereocenters. The summed E-state index contributed by atoms with van der Waals surface area (Å²) >= 11 is 0. The predicted octanol–water partition coefficient (Wildman–Crippen LogP) is 1.39. The van der Waals surface area contributed by atoms with Gasteiger partial charge in [0.05, 0.1) is 6.54 Å². The topological polar surface area (TPSA) is 103 Å². The highest BCUT2D eigenvalue weighted by molar-refractivity contribution is 5.74. The second kappa shape index (κ2) is 8.74. The van der Waals surface area contributed by atoms with E-state index in [1.165, 1.54) is 11.6 Å². The van der Waals surface area contributed by atoms with E-state index in [4.69, 9.17) is 4.74 Å². The molecule has 0 spiro atoms. The standard InChI is InChI=1S/C21H29N5O4/c1-6-14(3)22-20-23-18-17(19(28)25(5)21(29)24(18)4)26(20)11-15(27)12-30-16-9-7-13(2)8-10-16/h7-10,14-15,27H,6,11-12H2,1-5H3,(H,22,23)/t14-,15+/m1/s1. The number of hydrogen-bond donors (Lipinski definition) is 2. The molecule has 0 unspecified atom stereocenters. The zero-order valence-electron chi connectivity index (χ0n) is 18.0. The minimum atomic E-state index is -0.886. The van der Waals surface area contributed by atoms with Crippen molar-refractivity contribution >= 4 is 17.1 Å². The highest BCUT2D eigenvalue weighted by atomic mass is 16.5. The first-order valence-electron chi connectivity index (χ1n) is 10.0. The maximum atomic E-state index is 12.8. The van der Waals surface area contributed by atoms with Crippen LogP contribution in [0.1, 0.15) is 25.8 Å². The molecular weight excluding hydrogens is 386 g/mol. The van der Waals surface area contributed by atoms with Gasteiger partial charge in [0, 0.05) is 20.1 Å². The Morgan fingerprint density at radius 1 is 1.17 bits per heavy atom. The first-order chi connectivity index (χ1) is 14.2. The second-order valence-electron chi connectivity index (χ2n) is 7.66. The molecule has 2 N–H and O–H groups in total. The summed E-state index contributed by atoms with van der Waals surface area (Å²) in [6.45, 7) is 6.16. The third-order valence-electron chi connectivity index (χ3n) is 5.19. The van der Waals surface area contributed by atoms with Crippen LogP contribution in [0.15, 0.2) is 33.9 Å². The van der Waals surface area contributed by atoms with Crippen LogP contribution >= 0.6 is 0 Å². The van der Waals surface area contributed by atoms with Gasteiger partial charge >= 0.3 is 5.69 Å². The summed E-state index contributed by atoms with van der Waals surface area (Å²) in [5.74, 6) is 1.10. The quantitative estimate of drug-likeness (QED) is 0.576. The number of fused-ring (bicyclic) bond motifs is 1. The molecule has 0 bridgehead atoms. The van der Waals surface area contributed by atoms with Gasteiger partial charge in [-0.3, -0.25) is 13.9 Å². The Morgan fingerprint density at radius 3 is 2.47 bits per heavy atom. The van der Waals surface area contributed by atoms with Crippen LogP contribution in [0.5, 0.6) is 5.75 Å². The van der Waals surface area contributed by atoms with Crippen LogP contribution in [-0.2, 0) is 20.6 Å². The van der Waals surface area contributed by atoms with Crippen LogP contribution in [0.2, 0.25) is 0 Å². The molecule has 3 aromatic rings. The van der Waals surface area contributed by atoms with Gasteiger partial charge in [-0.25, -0.2) is 4.79 Å². The second-order valence-corrected chi connectivity index (χ2v) is 7.66. The summed E-state index contributed by atoms with van der Waals surface area (Å²) in [4.78, 5) is 29.6. The van der Waals surface area contributed by atoms with Gasteiger partial charge in [0.2, 0.25) is 5.95 Å². The van der Waals surface area contributed by atoms with Crippen molar-refractivity contribution in [2.45, 2.75) is 45.9 Å². The number of aliphatic hydroxyl groups excluding tert-OH is 1. The Hall–Kier alpha value is -3.07. The van der Waals surface area contributed by atoms with E-state index in [9.17, 15) is 14.7 Å². The molecule has 0 saturated heterocycles. The monoisotopic (exact) mass is 415 g/mol. The van der Waals surface area contributed by atoms with Crippen LogP contribution < -0.4 is 21.3 Å². The number of benzene rings is 1. The summed E-state index contributed by atoms with van der Waals surface area (Å²) in [7, 11) is 3.01. The molecular formula is C21H29N5O4. The predicted molar refractivity (Wildman–Crippen MR) is 116 cm³/mol. The van der Waals surface area contributed by atoms with E-state index in [2.05, 4.69) is 10.3 Å². The minimum absolute atomic E-state index is 0.0532. The number of aryl methyl sites for hydroxylation is 2. The van der Waals surface area contributed by atoms with Crippen LogP contribution in [0.25, 0.3) is 11.2 Å². The molecule has 9 heteroatoms. The fourth-order valence-electron chi connectivity index (χ4n) is 3.15. The van der Waals surface area contributed by atoms with Crippen molar-refractivity contribution in [2.75, 3.05) is 11.9 Å². The van der Waals surface area contributed by atoms with Gasteiger partial charge in [-0.2, -0.15) is 4.98 Å². The number of hydrogen-bond acceptors (Lipinski definition) is 6. The van der Waals surface area contributed by atoms with Crippen LogP contribution in [-0.4, -0.2) is 42.5 Å². The first kappa shape index (κ1) is 21.6. The summed E-state index contributed by atoms with van der Waals surface area (Å²) in [6, 6.07) is 7.65. The highest BCUT2D eigenvalue weighted by Gasteiger charge is 2.22. The van der Waals surface area contributed by atoms with E-state index < -0.39 is 17.4 Å². The van der Waals surface area contributed by atoms with Crippen molar-refractivity contribution in [3.8, 4) is 5.75 Å². The van der Waals surface area contributed by atoms with E-state index in [-0.39, 0.29) is 30.4 Å². The minimum Gasteiger partial charge on any atom is -0.491 e. The largest absolute Gasteiger partial charge is 0.491 e. The van der Waals surface area contributed by atoms with Gasteiger partial charge < -0.3 is 19.7 Å². The highest BCUT2D eigenvalue weighted by Crippen LogP contribution is 2.18. The number of rotatable bonds is 8. The number of imidazole rings is 1. The molecule has 3 rings (SSSR count). The van der Waals surface area contributed by atoms with Gasteiger partial charge in [-0.1, -0.05) is 24.6 Å². The smallest absolute Gasteiger partial charge is 0.332 e. The molecule has 0 aliphatic carbocycles. The lowest BCUT2D eigenvalue weighted by atomic mass is 10.2. The fourth-order valence-corrected chi connectivity index (χ4v) is 3.15. The van der Waals surface area contributed by atoms with Crippen LogP contribution in [0.4, 0.5) is 5.95 Å². The van der Waals surface area contributed by atoms with Crippen molar-refractivity contribution in [3.63, 3.8) is 0 Å². The fraction of sp³-hybridized carbons (Fsp3) is 0.476. The average molecular weight is 415 g/mol. The van der Waals surface area contributed by atoms with Gasteiger partial charge in [0.25, 0.3) is 5.56 Å². The van der Waals surface area contributed by atoms with Gasteiger partial charge in [-0.15, -0.1) is 0 Å². The average Bonchev–Trinajstić information content (AvgIpc) is 3.08. The van der Waals surface area contributed by atoms with Crippen molar-refractivity contribution in [2.24, 2.45) is 14.1 Å². The molecule has 0 radical (unpaired) electrons. The van der Waals surface area contributed by atoms with E-state index in [0.29, 0.717) is 11.7 Å². The molecule has 1 aromatic carbocycles. The van der Waals surface area contributed by atoms with Gasteiger partial charge in [-0.05, 0) is 32.4 Å². The summed E-state index contributed by atoms with van der Waals surface area (Å²) < 4.78 is 9.69. The van der Waals surface area contributed by atoms with Crippen LogP contribution in [0, 0.1) is 6.92 Å². The number of anilines is 1. The zero-order valence-corrected chi connectivity index (χ0v) is 18.0. The molecule has 0 aliphatic heterocycles. The third kappa shape index (κ3) is 4.25. The Balaban J connectivity index is 1.95. The van der Waals surface area contributed by atoms with E-state index in [0.717, 1.165) is 16.6 Å². The number of aromatic nitrogens is 4. The number of nitrogens with zero attached hydrogens (tertiary/aromatic N) is 4. The lowest BCUT2D eigenvalue weighted by Crippen LogP contribution is -2.38. The Kier molecular flexibility index (Phi) is 6.31. The van der Waals surface area contributed by atoms with Crippen molar-refractivity contribution in [1.82, 2.24) is 18.7 Å². The lowest BCUT2D eigenvalue weighted by molar-refractivity contribution is 0.0938. The molecule has 0 fully saturated rings. The SMILES string of the molecule is CC[C@@H](C)Nc1nc2c(c(=O)n(C)c(=O)n2C)n1C[C@H](O)COc1ccc(C)cc1. The van der Waals surface area contributed by atoms with Gasteiger partial charge in [0.1, 0.15) is 18.5 Å². The van der Waals surface area contributed by atoms with Crippen LogP contribution in [0.3, 0.4) is 0 Å². The third-order valence-corrected chi connectivity index (χ3v) is 5.19. The zero-order chi connectivity index (χ0) is 22.0. The molecule has 9 nitrogen and oxygen atoms in total.